The average Bonchev–Trinajstić information content (AvgIpc) is 2.94. The Bertz CT molecular complexity index is 1220. The van der Waals surface area contributed by atoms with Crippen molar-refractivity contribution in [2.24, 2.45) is 0 Å². The highest BCUT2D eigenvalue weighted by Gasteiger charge is 2.15. The molecule has 1 atom stereocenters. The predicted molar refractivity (Wildman–Crippen MR) is 129 cm³/mol. The maximum Gasteiger partial charge on any atom is 0.229 e. The van der Waals surface area contributed by atoms with E-state index in [2.05, 4.69) is 27.2 Å². The zero-order valence-electron chi connectivity index (χ0n) is 18.7. The Balaban J connectivity index is 1.28. The Labute approximate surface area is 194 Å². The summed E-state index contributed by atoms with van der Waals surface area (Å²) in [5.74, 6) is 0.625. The van der Waals surface area contributed by atoms with E-state index in [0.29, 0.717) is 18.7 Å². The predicted octanol–water partition coefficient (Wildman–Crippen LogP) is 3.22. The zero-order chi connectivity index (χ0) is 23.4. The van der Waals surface area contributed by atoms with Crippen LogP contribution in [-0.4, -0.2) is 49.6 Å². The van der Waals surface area contributed by atoms with Gasteiger partial charge in [-0.15, -0.1) is 0 Å². The van der Waals surface area contributed by atoms with Gasteiger partial charge in [-0.05, 0) is 67.1 Å². The molecule has 0 saturated carbocycles. The summed E-state index contributed by atoms with van der Waals surface area (Å²) in [5.41, 5.74) is 4.47. The van der Waals surface area contributed by atoms with Gasteiger partial charge in [0.1, 0.15) is 18.1 Å². The molecule has 178 valence electrons. The van der Waals surface area contributed by atoms with Gasteiger partial charge in [0.15, 0.2) is 0 Å². The Morgan fingerprint density at radius 2 is 1.94 bits per heavy atom. The molecule has 0 spiro atoms. The van der Waals surface area contributed by atoms with Gasteiger partial charge in [0.05, 0.1) is 18.0 Å². The number of aryl methyl sites for hydroxylation is 2. The van der Waals surface area contributed by atoms with Crippen LogP contribution in [0.15, 0.2) is 36.4 Å². The molecular formula is C24H31N3O5S. The quantitative estimate of drug-likeness (QED) is 0.185. The van der Waals surface area contributed by atoms with Crippen molar-refractivity contribution in [3.05, 3.63) is 53.2 Å². The lowest BCUT2D eigenvalue weighted by Crippen LogP contribution is -2.26. The first kappa shape index (κ1) is 23.4. The fraction of sp³-hybridized carbons (Fsp3) is 0.417. The molecule has 0 amide bonds. The molecule has 0 fully saturated rings. The van der Waals surface area contributed by atoms with Crippen LogP contribution in [0.1, 0.15) is 42.2 Å². The summed E-state index contributed by atoms with van der Waals surface area (Å²) in [5, 5.41) is 24.6. The summed E-state index contributed by atoms with van der Waals surface area (Å²) >= 11 is 0. The van der Waals surface area contributed by atoms with Gasteiger partial charge in [0.25, 0.3) is 0 Å². The lowest BCUT2D eigenvalue weighted by molar-refractivity contribution is 0.172. The highest BCUT2D eigenvalue weighted by Crippen LogP contribution is 2.31. The van der Waals surface area contributed by atoms with Crippen molar-refractivity contribution in [3.8, 4) is 11.5 Å². The summed E-state index contributed by atoms with van der Waals surface area (Å²) in [6.07, 6.45) is 6.09. The molecule has 1 aliphatic carbocycles. The fourth-order valence-corrected chi connectivity index (χ4v) is 4.85. The molecule has 2 aromatic carbocycles. The zero-order valence-corrected chi connectivity index (χ0v) is 19.5. The number of nitrogens with one attached hydrogen (secondary N) is 3. The van der Waals surface area contributed by atoms with E-state index in [1.165, 1.54) is 48.0 Å². The normalized spacial score (nSPS) is 15.1. The third kappa shape index (κ3) is 5.98. The number of ether oxygens (including phenoxy) is 1. The summed E-state index contributed by atoms with van der Waals surface area (Å²) in [7, 11) is -3.54. The highest BCUT2D eigenvalue weighted by molar-refractivity contribution is 7.92. The van der Waals surface area contributed by atoms with Gasteiger partial charge in [-0.1, -0.05) is 12.5 Å². The van der Waals surface area contributed by atoms with E-state index in [9.17, 15) is 18.6 Å². The topological polar surface area (TPSA) is 124 Å². The van der Waals surface area contributed by atoms with Crippen LogP contribution in [0.5, 0.6) is 11.5 Å². The van der Waals surface area contributed by atoms with Crippen molar-refractivity contribution in [1.82, 2.24) is 10.3 Å². The smallest absolute Gasteiger partial charge is 0.229 e. The van der Waals surface area contributed by atoms with E-state index in [1.807, 2.05) is 6.07 Å². The molecule has 3 aromatic rings. The number of fused-ring (bicyclic) bond motifs is 3. The van der Waals surface area contributed by atoms with Crippen LogP contribution in [0.4, 0.5) is 5.69 Å². The number of phenols is 1. The number of aliphatic hydroxyl groups is 1. The summed E-state index contributed by atoms with van der Waals surface area (Å²) < 4.78 is 31.0. The van der Waals surface area contributed by atoms with E-state index in [4.69, 9.17) is 4.74 Å². The molecule has 4 rings (SSSR count). The van der Waals surface area contributed by atoms with Crippen LogP contribution < -0.4 is 14.8 Å². The van der Waals surface area contributed by atoms with E-state index in [-0.39, 0.29) is 18.0 Å². The van der Waals surface area contributed by atoms with Crippen molar-refractivity contribution >= 4 is 26.6 Å². The van der Waals surface area contributed by atoms with Gasteiger partial charge in [0, 0.05) is 29.7 Å². The number of aliphatic hydroxyl groups excluding tert-OH is 1. The number of hydrogen-bond acceptors (Lipinski definition) is 6. The number of aromatic hydroxyl groups is 1. The lowest BCUT2D eigenvalue weighted by Gasteiger charge is -2.15. The summed E-state index contributed by atoms with van der Waals surface area (Å²) in [6, 6.07) is 10.5. The fourth-order valence-electron chi connectivity index (χ4n) is 4.29. The SMILES string of the molecule is CS(=O)(=O)Nc1cc(C(O)CNCCOc2ccc3[nH]c4c(c3c2)CCCCC4)ccc1O. The number of H-pyrrole nitrogens is 1. The largest absolute Gasteiger partial charge is 0.506 e. The van der Waals surface area contributed by atoms with E-state index < -0.39 is 16.1 Å². The van der Waals surface area contributed by atoms with Gasteiger partial charge in [-0.25, -0.2) is 8.42 Å². The Morgan fingerprint density at radius 1 is 1.12 bits per heavy atom. The minimum absolute atomic E-state index is 0.0374. The van der Waals surface area contributed by atoms with Crippen molar-refractivity contribution < 1.29 is 23.4 Å². The molecule has 9 heteroatoms. The molecule has 1 heterocycles. The summed E-state index contributed by atoms with van der Waals surface area (Å²) in [6.45, 7) is 1.24. The highest BCUT2D eigenvalue weighted by atomic mass is 32.2. The van der Waals surface area contributed by atoms with Crippen LogP contribution >= 0.6 is 0 Å². The van der Waals surface area contributed by atoms with Crippen LogP contribution in [0.2, 0.25) is 0 Å². The minimum atomic E-state index is -3.54. The molecular weight excluding hydrogens is 442 g/mol. The van der Waals surface area contributed by atoms with Crippen LogP contribution in [0.25, 0.3) is 10.9 Å². The van der Waals surface area contributed by atoms with Crippen LogP contribution in [0, 0.1) is 0 Å². The second-order valence-electron chi connectivity index (χ2n) is 8.57. The average molecular weight is 474 g/mol. The molecule has 0 bridgehead atoms. The second kappa shape index (κ2) is 10.0. The molecule has 33 heavy (non-hydrogen) atoms. The number of aromatic amines is 1. The van der Waals surface area contributed by atoms with Gasteiger partial charge in [0.2, 0.25) is 10.0 Å². The number of anilines is 1. The van der Waals surface area contributed by atoms with Gasteiger partial charge in [-0.2, -0.15) is 0 Å². The number of rotatable bonds is 9. The van der Waals surface area contributed by atoms with Crippen molar-refractivity contribution in [2.75, 3.05) is 30.7 Å². The van der Waals surface area contributed by atoms with E-state index in [0.717, 1.165) is 30.4 Å². The lowest BCUT2D eigenvalue weighted by atomic mass is 10.1. The molecule has 1 aliphatic rings. The van der Waals surface area contributed by atoms with Crippen molar-refractivity contribution in [1.29, 1.82) is 0 Å². The van der Waals surface area contributed by atoms with Gasteiger partial charge in [-0.3, -0.25) is 4.72 Å². The summed E-state index contributed by atoms with van der Waals surface area (Å²) in [4.78, 5) is 3.56. The van der Waals surface area contributed by atoms with E-state index in [1.54, 1.807) is 6.07 Å². The maximum atomic E-state index is 11.4. The van der Waals surface area contributed by atoms with E-state index >= 15 is 0 Å². The molecule has 0 radical (unpaired) electrons. The number of sulfonamides is 1. The van der Waals surface area contributed by atoms with Crippen molar-refractivity contribution in [2.45, 2.75) is 38.2 Å². The molecule has 1 aromatic heterocycles. The first-order chi connectivity index (χ1) is 15.8. The first-order valence-electron chi connectivity index (χ1n) is 11.3. The second-order valence-corrected chi connectivity index (χ2v) is 10.3. The molecule has 0 saturated heterocycles. The van der Waals surface area contributed by atoms with Gasteiger partial charge < -0.3 is 25.3 Å². The van der Waals surface area contributed by atoms with Crippen molar-refractivity contribution in [3.63, 3.8) is 0 Å². The molecule has 1 unspecified atom stereocenters. The number of aromatic nitrogens is 1. The Kier molecular flexibility index (Phi) is 7.11. The molecule has 8 nitrogen and oxygen atoms in total. The van der Waals surface area contributed by atoms with Crippen LogP contribution in [-0.2, 0) is 22.9 Å². The first-order valence-corrected chi connectivity index (χ1v) is 13.1. The number of benzene rings is 2. The minimum Gasteiger partial charge on any atom is -0.506 e. The maximum absolute atomic E-state index is 11.4. The Hall–Kier alpha value is -2.75. The standard InChI is InChI=1S/C24H31N3O5S/c1-33(30,31)27-22-13-16(7-10-23(22)28)24(29)15-25-11-12-32-17-8-9-21-19(14-17)18-5-3-2-4-6-20(18)26-21/h7-10,13-14,24-29H,2-6,11-12,15H2,1H3. The Morgan fingerprint density at radius 3 is 2.76 bits per heavy atom. The number of phenolic OH excluding ortho intramolecular Hbond substituents is 1. The third-order valence-electron chi connectivity index (χ3n) is 5.91. The van der Waals surface area contributed by atoms with Crippen LogP contribution in [0.3, 0.4) is 0 Å². The molecule has 0 aliphatic heterocycles. The number of hydrogen-bond donors (Lipinski definition) is 5. The van der Waals surface area contributed by atoms with Gasteiger partial charge >= 0.3 is 0 Å². The molecule has 5 N–H and O–H groups in total. The third-order valence-corrected chi connectivity index (χ3v) is 6.50. The monoisotopic (exact) mass is 473 g/mol.